The summed E-state index contributed by atoms with van der Waals surface area (Å²) in [6.07, 6.45) is 4.04. The largest absolute Gasteiger partial charge is 0.481 e. The number of carbonyl (C=O) groups excluding carboxylic acids is 1. The number of carbonyl (C=O) groups is 2. The second kappa shape index (κ2) is 7.34. The zero-order valence-corrected chi connectivity index (χ0v) is 13.9. The fourth-order valence-corrected chi connectivity index (χ4v) is 4.09. The number of aliphatic carboxylic acids is 1. The molecule has 0 aromatic heterocycles. The van der Waals surface area contributed by atoms with Crippen LogP contribution >= 0.6 is 0 Å². The lowest BCUT2D eigenvalue weighted by Crippen LogP contribution is -2.33. The molecule has 0 saturated carbocycles. The first-order valence-corrected chi connectivity index (χ1v) is 8.62. The highest BCUT2D eigenvalue weighted by Gasteiger charge is 2.49. The predicted molar refractivity (Wildman–Crippen MR) is 87.6 cm³/mol. The van der Waals surface area contributed by atoms with Crippen LogP contribution in [0.2, 0.25) is 0 Å². The summed E-state index contributed by atoms with van der Waals surface area (Å²) < 4.78 is 11.3. The molecule has 0 amide bonds. The van der Waals surface area contributed by atoms with E-state index in [0.29, 0.717) is 18.9 Å². The molecule has 2 aliphatic rings. The van der Waals surface area contributed by atoms with Gasteiger partial charge in [0.1, 0.15) is 0 Å². The van der Waals surface area contributed by atoms with E-state index in [2.05, 4.69) is 6.07 Å². The summed E-state index contributed by atoms with van der Waals surface area (Å²) in [7, 11) is 0. The minimum absolute atomic E-state index is 0.140. The molecular formula is C19H24O5. The smallest absolute Gasteiger partial charge is 0.303 e. The van der Waals surface area contributed by atoms with Crippen molar-refractivity contribution in [2.24, 2.45) is 11.8 Å². The van der Waals surface area contributed by atoms with Crippen molar-refractivity contribution in [3.63, 3.8) is 0 Å². The Kier molecular flexibility index (Phi) is 5.19. The van der Waals surface area contributed by atoms with Gasteiger partial charge < -0.3 is 14.6 Å². The molecule has 130 valence electrons. The summed E-state index contributed by atoms with van der Waals surface area (Å²) in [6.45, 7) is 1.85. The molecule has 0 spiro atoms. The maximum atomic E-state index is 11.2. The van der Waals surface area contributed by atoms with Crippen LogP contribution in [0.15, 0.2) is 24.3 Å². The van der Waals surface area contributed by atoms with Crippen LogP contribution < -0.4 is 0 Å². The molecule has 2 saturated heterocycles. The fourth-order valence-electron chi connectivity index (χ4n) is 4.09. The van der Waals surface area contributed by atoms with Gasteiger partial charge in [0.2, 0.25) is 0 Å². The Hall–Kier alpha value is -1.88. The van der Waals surface area contributed by atoms with Crippen molar-refractivity contribution in [2.45, 2.75) is 51.2 Å². The SMILES string of the molecule is CC(=O)OC[C@H]1[C@@H](Cc2ccccc2CCC(=O)O)[C@@H]2CC[C@H]1O2. The van der Waals surface area contributed by atoms with Gasteiger partial charge in [0.15, 0.2) is 0 Å². The standard InChI is InChI=1S/C19H24O5/c1-12(20)23-11-16-15(17-7-8-18(16)24-17)10-14-5-3-2-4-13(14)6-9-19(21)22/h2-5,15-18H,6-11H2,1H3,(H,21,22)/t15-,16+,17+,18-/m1/s1. The molecule has 2 fully saturated rings. The Bertz CT molecular complexity index is 612. The molecule has 0 aliphatic carbocycles. The molecule has 1 N–H and O–H groups in total. The van der Waals surface area contributed by atoms with Gasteiger partial charge in [-0.2, -0.15) is 0 Å². The van der Waals surface area contributed by atoms with Gasteiger partial charge in [0.25, 0.3) is 0 Å². The average Bonchev–Trinajstić information content (AvgIpc) is 3.13. The summed E-state index contributed by atoms with van der Waals surface area (Å²) in [5, 5.41) is 8.93. The van der Waals surface area contributed by atoms with Crippen LogP contribution in [0.25, 0.3) is 0 Å². The lowest BCUT2D eigenvalue weighted by Gasteiger charge is -2.28. The zero-order valence-electron chi connectivity index (χ0n) is 13.9. The number of carboxylic acid groups (broad SMARTS) is 1. The van der Waals surface area contributed by atoms with Crippen molar-refractivity contribution >= 4 is 11.9 Å². The van der Waals surface area contributed by atoms with Crippen molar-refractivity contribution in [2.75, 3.05) is 6.61 Å². The summed E-state index contributed by atoms with van der Waals surface area (Å²) in [4.78, 5) is 22.0. The van der Waals surface area contributed by atoms with Crippen molar-refractivity contribution in [3.8, 4) is 0 Å². The van der Waals surface area contributed by atoms with Crippen molar-refractivity contribution in [1.82, 2.24) is 0 Å². The Morgan fingerprint density at radius 1 is 1.17 bits per heavy atom. The van der Waals surface area contributed by atoms with Gasteiger partial charge in [-0.3, -0.25) is 9.59 Å². The number of aryl methyl sites for hydroxylation is 1. The Morgan fingerprint density at radius 3 is 2.50 bits per heavy atom. The normalized spacial score (nSPS) is 28.0. The van der Waals surface area contributed by atoms with Crippen LogP contribution in [-0.2, 0) is 31.9 Å². The lowest BCUT2D eigenvalue weighted by molar-refractivity contribution is -0.143. The maximum absolute atomic E-state index is 11.2. The highest BCUT2D eigenvalue weighted by atomic mass is 16.5. The van der Waals surface area contributed by atoms with E-state index in [-0.39, 0.29) is 30.5 Å². The summed E-state index contributed by atoms with van der Waals surface area (Å²) in [6, 6.07) is 8.03. The topological polar surface area (TPSA) is 72.8 Å². The van der Waals surface area contributed by atoms with E-state index >= 15 is 0 Å². The molecule has 2 aliphatic heterocycles. The molecule has 0 radical (unpaired) electrons. The van der Waals surface area contributed by atoms with Crippen LogP contribution in [0.5, 0.6) is 0 Å². The van der Waals surface area contributed by atoms with Gasteiger partial charge in [-0.15, -0.1) is 0 Å². The highest BCUT2D eigenvalue weighted by Crippen LogP contribution is 2.45. The van der Waals surface area contributed by atoms with Gasteiger partial charge in [-0.1, -0.05) is 24.3 Å². The quantitative estimate of drug-likeness (QED) is 0.777. The number of hydrogen-bond donors (Lipinski definition) is 1. The number of carboxylic acids is 1. The van der Waals surface area contributed by atoms with Gasteiger partial charge in [0.05, 0.1) is 18.8 Å². The van der Waals surface area contributed by atoms with Crippen LogP contribution in [-0.4, -0.2) is 35.9 Å². The molecule has 5 heteroatoms. The lowest BCUT2D eigenvalue weighted by atomic mass is 9.76. The third-order valence-corrected chi connectivity index (χ3v) is 5.25. The third-order valence-electron chi connectivity index (χ3n) is 5.25. The molecule has 0 unspecified atom stereocenters. The van der Waals surface area contributed by atoms with E-state index in [1.165, 1.54) is 12.5 Å². The Balaban J connectivity index is 1.72. The first-order valence-electron chi connectivity index (χ1n) is 8.62. The van der Waals surface area contributed by atoms with Crippen LogP contribution in [0.4, 0.5) is 0 Å². The minimum Gasteiger partial charge on any atom is -0.481 e. The average molecular weight is 332 g/mol. The molecule has 3 rings (SSSR count). The number of esters is 1. The van der Waals surface area contributed by atoms with E-state index in [1.807, 2.05) is 18.2 Å². The Labute approximate surface area is 142 Å². The number of hydrogen-bond acceptors (Lipinski definition) is 4. The van der Waals surface area contributed by atoms with Gasteiger partial charge in [-0.05, 0) is 42.7 Å². The Morgan fingerprint density at radius 2 is 1.83 bits per heavy atom. The van der Waals surface area contributed by atoms with E-state index in [4.69, 9.17) is 14.6 Å². The number of ether oxygens (including phenoxy) is 2. The van der Waals surface area contributed by atoms with E-state index in [0.717, 1.165) is 24.8 Å². The fraction of sp³-hybridized carbons (Fsp3) is 0.579. The number of benzene rings is 1. The predicted octanol–water partition coefficient (Wildman–Crippen LogP) is 2.60. The van der Waals surface area contributed by atoms with E-state index in [9.17, 15) is 9.59 Å². The monoisotopic (exact) mass is 332 g/mol. The molecule has 4 atom stereocenters. The van der Waals surface area contributed by atoms with E-state index in [1.54, 1.807) is 0 Å². The highest BCUT2D eigenvalue weighted by molar-refractivity contribution is 5.67. The van der Waals surface area contributed by atoms with Crippen molar-refractivity contribution < 1.29 is 24.2 Å². The second-order valence-corrected chi connectivity index (χ2v) is 6.79. The summed E-state index contributed by atoms with van der Waals surface area (Å²) in [5.41, 5.74) is 2.28. The van der Waals surface area contributed by atoms with Crippen molar-refractivity contribution in [1.29, 1.82) is 0 Å². The zero-order chi connectivity index (χ0) is 17.1. The minimum atomic E-state index is -0.777. The van der Waals surface area contributed by atoms with Crippen LogP contribution in [0.1, 0.15) is 37.3 Å². The second-order valence-electron chi connectivity index (χ2n) is 6.79. The first kappa shape index (κ1) is 17.0. The molecule has 2 heterocycles. The summed E-state index contributed by atoms with van der Waals surface area (Å²) >= 11 is 0. The van der Waals surface area contributed by atoms with Crippen molar-refractivity contribution in [3.05, 3.63) is 35.4 Å². The molecule has 2 bridgehead atoms. The third kappa shape index (κ3) is 3.78. The van der Waals surface area contributed by atoms with E-state index < -0.39 is 5.97 Å². The first-order chi connectivity index (χ1) is 11.5. The number of rotatable bonds is 7. The number of fused-ring (bicyclic) bond motifs is 2. The summed E-state index contributed by atoms with van der Waals surface area (Å²) in [5.74, 6) is -0.464. The molecular weight excluding hydrogens is 308 g/mol. The van der Waals surface area contributed by atoms with Crippen LogP contribution in [0, 0.1) is 11.8 Å². The molecule has 1 aromatic carbocycles. The van der Waals surface area contributed by atoms with Gasteiger partial charge in [-0.25, -0.2) is 0 Å². The van der Waals surface area contributed by atoms with Crippen LogP contribution in [0.3, 0.4) is 0 Å². The molecule has 24 heavy (non-hydrogen) atoms. The van der Waals surface area contributed by atoms with Gasteiger partial charge in [0, 0.05) is 19.3 Å². The molecule has 1 aromatic rings. The maximum Gasteiger partial charge on any atom is 0.303 e. The van der Waals surface area contributed by atoms with Gasteiger partial charge >= 0.3 is 11.9 Å². The molecule has 5 nitrogen and oxygen atoms in total.